The van der Waals surface area contributed by atoms with Crippen LogP contribution in [-0.4, -0.2) is 77.0 Å². The average Bonchev–Trinajstić information content (AvgIpc) is 3.35. The first-order chi connectivity index (χ1) is 17.9. The molecule has 0 aliphatic carbocycles. The van der Waals surface area contributed by atoms with Gasteiger partial charge in [0.15, 0.2) is 0 Å². The maximum absolute atomic E-state index is 13.4. The van der Waals surface area contributed by atoms with Crippen molar-refractivity contribution in [3.8, 4) is 0 Å². The van der Waals surface area contributed by atoms with E-state index in [1.54, 1.807) is 38.1 Å². The summed E-state index contributed by atoms with van der Waals surface area (Å²) in [5.41, 5.74) is 6.82. The normalized spacial score (nSPS) is 17.6. The number of esters is 1. The van der Waals surface area contributed by atoms with Crippen LogP contribution in [0.2, 0.25) is 0 Å². The molecule has 1 aromatic rings. The number of nitrogens with zero attached hydrogens (tertiary/aromatic N) is 1. The molecule has 0 unspecified atom stereocenters. The van der Waals surface area contributed by atoms with Crippen molar-refractivity contribution in [3.05, 3.63) is 35.9 Å². The lowest BCUT2D eigenvalue weighted by atomic mass is 10.0. The largest absolute Gasteiger partial charge is 0.481 e. The third kappa shape index (κ3) is 9.13. The van der Waals surface area contributed by atoms with E-state index in [-0.39, 0.29) is 36.6 Å². The van der Waals surface area contributed by atoms with E-state index in [4.69, 9.17) is 10.5 Å². The molecule has 0 aromatic heterocycles. The summed E-state index contributed by atoms with van der Waals surface area (Å²) >= 11 is 0. The highest BCUT2D eigenvalue weighted by molar-refractivity contribution is 5.89. The number of hydrogen-bond acceptors (Lipinski definition) is 7. The molecule has 0 spiro atoms. The van der Waals surface area contributed by atoms with Gasteiger partial charge in [-0.3, -0.25) is 19.2 Å². The lowest BCUT2D eigenvalue weighted by molar-refractivity contribution is -0.161. The van der Waals surface area contributed by atoms with Gasteiger partial charge < -0.3 is 31.1 Å². The molecule has 210 valence electrons. The molecule has 38 heavy (non-hydrogen) atoms. The van der Waals surface area contributed by atoms with E-state index in [1.807, 2.05) is 19.9 Å². The number of carbonyl (C=O) groups excluding carboxylic acids is 4. The van der Waals surface area contributed by atoms with Gasteiger partial charge in [0.05, 0.1) is 25.0 Å². The fraction of sp³-hybridized carbons (Fsp3) is 0.593. The molecule has 0 bridgehead atoms. The number of carbonyl (C=O) groups is 5. The molecular formula is C27H40N4O7. The lowest BCUT2D eigenvalue weighted by Gasteiger charge is -2.33. The van der Waals surface area contributed by atoms with Crippen molar-refractivity contribution in [1.82, 2.24) is 15.5 Å². The van der Waals surface area contributed by atoms with Crippen molar-refractivity contribution in [2.45, 2.75) is 77.6 Å². The van der Waals surface area contributed by atoms with Crippen LogP contribution in [0.25, 0.3) is 0 Å². The third-order valence-electron chi connectivity index (χ3n) is 6.51. The van der Waals surface area contributed by atoms with Gasteiger partial charge >= 0.3 is 11.9 Å². The van der Waals surface area contributed by atoms with Gasteiger partial charge in [-0.25, -0.2) is 4.79 Å². The second-order valence-corrected chi connectivity index (χ2v) is 10.3. The number of aliphatic carboxylic acids is 1. The lowest BCUT2D eigenvalue weighted by Crippen LogP contribution is -2.54. The van der Waals surface area contributed by atoms with E-state index in [2.05, 4.69) is 10.6 Å². The second kappa shape index (κ2) is 14.5. The van der Waals surface area contributed by atoms with Crippen molar-refractivity contribution >= 4 is 29.7 Å². The smallest absolute Gasteiger partial charge is 0.329 e. The van der Waals surface area contributed by atoms with Crippen LogP contribution in [0.5, 0.6) is 0 Å². The standard InChI is InChI=1S/C27H40N4O7/c1-16(2)24(28)26(36)31-12-8-11-20(31)21(14-23(33)34)38-27(37)19(13-18-9-6-5-7-10-18)30-22(32)15-29-25(35)17(3)4/h5-7,9-10,16-17,19-21,24H,8,11-15,28H2,1-4H3,(H,29,35)(H,30,32)(H,33,34)/t19-,20-,21-,24-/m0/s1. The highest BCUT2D eigenvalue weighted by Crippen LogP contribution is 2.26. The van der Waals surface area contributed by atoms with Crippen LogP contribution in [0.15, 0.2) is 30.3 Å². The maximum Gasteiger partial charge on any atom is 0.329 e. The molecule has 4 atom stereocenters. The van der Waals surface area contributed by atoms with Gasteiger partial charge in [-0.2, -0.15) is 0 Å². The number of nitrogens with two attached hydrogens (primary N) is 1. The third-order valence-corrected chi connectivity index (χ3v) is 6.51. The predicted octanol–water partition coefficient (Wildman–Crippen LogP) is 0.847. The van der Waals surface area contributed by atoms with E-state index in [9.17, 15) is 29.1 Å². The summed E-state index contributed by atoms with van der Waals surface area (Å²) in [6.45, 7) is 7.09. The highest BCUT2D eigenvalue weighted by atomic mass is 16.5. The summed E-state index contributed by atoms with van der Waals surface area (Å²) in [6, 6.07) is 6.41. The number of nitrogens with one attached hydrogen (secondary N) is 2. The minimum absolute atomic E-state index is 0.0921. The zero-order chi connectivity index (χ0) is 28.4. The molecule has 3 amide bonds. The van der Waals surface area contributed by atoms with Gasteiger partial charge in [0.2, 0.25) is 17.7 Å². The number of amides is 3. The van der Waals surface area contributed by atoms with E-state index >= 15 is 0 Å². The van der Waals surface area contributed by atoms with Gasteiger partial charge in [0.25, 0.3) is 0 Å². The molecule has 0 saturated carbocycles. The number of rotatable bonds is 13. The van der Waals surface area contributed by atoms with Gasteiger partial charge in [0, 0.05) is 18.9 Å². The van der Waals surface area contributed by atoms with Crippen LogP contribution in [0.1, 0.15) is 52.5 Å². The number of benzene rings is 1. The first-order valence-corrected chi connectivity index (χ1v) is 13.0. The Hall–Kier alpha value is -3.47. The summed E-state index contributed by atoms with van der Waals surface area (Å²) in [5.74, 6) is -3.66. The zero-order valence-electron chi connectivity index (χ0n) is 22.5. The zero-order valence-corrected chi connectivity index (χ0v) is 22.5. The number of likely N-dealkylation sites (tertiary alicyclic amines) is 1. The van der Waals surface area contributed by atoms with Crippen LogP contribution >= 0.6 is 0 Å². The van der Waals surface area contributed by atoms with Crippen LogP contribution < -0.4 is 16.4 Å². The Labute approximate surface area is 223 Å². The van der Waals surface area contributed by atoms with Crippen LogP contribution in [0.3, 0.4) is 0 Å². The Kier molecular flexibility index (Phi) is 11.7. The molecule has 1 aliphatic rings. The quantitative estimate of drug-likeness (QED) is 0.271. The first kappa shape index (κ1) is 30.8. The second-order valence-electron chi connectivity index (χ2n) is 10.3. The molecule has 2 rings (SSSR count). The van der Waals surface area contributed by atoms with E-state index in [0.717, 1.165) is 5.56 Å². The molecular weight excluding hydrogens is 492 g/mol. The Morgan fingerprint density at radius 2 is 1.76 bits per heavy atom. The number of carboxylic acid groups (broad SMARTS) is 1. The van der Waals surface area contributed by atoms with Crippen LogP contribution in [0.4, 0.5) is 0 Å². The summed E-state index contributed by atoms with van der Waals surface area (Å²) < 4.78 is 5.71. The summed E-state index contributed by atoms with van der Waals surface area (Å²) in [6.07, 6.45) is -0.461. The molecule has 1 fully saturated rings. The Bertz CT molecular complexity index is 983. The van der Waals surface area contributed by atoms with Crippen molar-refractivity contribution in [1.29, 1.82) is 0 Å². The van der Waals surface area contributed by atoms with E-state index in [0.29, 0.717) is 19.4 Å². The van der Waals surface area contributed by atoms with Crippen molar-refractivity contribution < 1.29 is 33.8 Å². The molecule has 1 aromatic carbocycles. The number of ether oxygens (including phenoxy) is 1. The molecule has 5 N–H and O–H groups in total. The first-order valence-electron chi connectivity index (χ1n) is 13.0. The molecule has 0 radical (unpaired) electrons. The maximum atomic E-state index is 13.4. The Morgan fingerprint density at radius 3 is 2.34 bits per heavy atom. The van der Waals surface area contributed by atoms with Crippen LogP contribution in [0, 0.1) is 11.8 Å². The SMILES string of the molecule is CC(C)C(=O)NCC(=O)N[C@@H](Cc1ccccc1)C(=O)O[C@@H](CC(=O)O)[C@@H]1CCCN1C(=O)[C@@H](N)C(C)C. The number of carboxylic acids is 1. The molecule has 1 aliphatic heterocycles. The predicted molar refractivity (Wildman–Crippen MR) is 140 cm³/mol. The Morgan fingerprint density at radius 1 is 1.11 bits per heavy atom. The van der Waals surface area contributed by atoms with Crippen molar-refractivity contribution in [3.63, 3.8) is 0 Å². The Balaban J connectivity index is 2.22. The van der Waals surface area contributed by atoms with Gasteiger partial charge in [-0.05, 0) is 24.3 Å². The topological polar surface area (TPSA) is 168 Å². The summed E-state index contributed by atoms with van der Waals surface area (Å²) in [4.78, 5) is 64.0. The van der Waals surface area contributed by atoms with E-state index < -0.39 is 48.5 Å². The fourth-order valence-corrected chi connectivity index (χ4v) is 4.25. The molecule has 11 nitrogen and oxygen atoms in total. The van der Waals surface area contributed by atoms with Crippen molar-refractivity contribution in [2.24, 2.45) is 17.6 Å². The van der Waals surface area contributed by atoms with Gasteiger partial charge in [-0.1, -0.05) is 58.0 Å². The minimum atomic E-state index is -1.18. The monoisotopic (exact) mass is 532 g/mol. The fourth-order valence-electron chi connectivity index (χ4n) is 4.25. The van der Waals surface area contributed by atoms with Gasteiger partial charge in [-0.15, -0.1) is 0 Å². The van der Waals surface area contributed by atoms with Gasteiger partial charge in [0.1, 0.15) is 12.1 Å². The highest BCUT2D eigenvalue weighted by Gasteiger charge is 2.41. The minimum Gasteiger partial charge on any atom is -0.481 e. The van der Waals surface area contributed by atoms with E-state index in [1.165, 1.54) is 4.90 Å². The molecule has 1 saturated heterocycles. The summed E-state index contributed by atoms with van der Waals surface area (Å²) in [5, 5.41) is 14.6. The van der Waals surface area contributed by atoms with Crippen LogP contribution in [-0.2, 0) is 35.1 Å². The van der Waals surface area contributed by atoms with Crippen molar-refractivity contribution in [2.75, 3.05) is 13.1 Å². The average molecular weight is 533 g/mol. The summed E-state index contributed by atoms with van der Waals surface area (Å²) in [7, 11) is 0. The number of hydrogen-bond donors (Lipinski definition) is 4. The molecule has 1 heterocycles. The molecule has 11 heteroatoms.